The first-order chi connectivity index (χ1) is 10.1. The van der Waals surface area contributed by atoms with Gasteiger partial charge in [0.15, 0.2) is 0 Å². The van der Waals surface area contributed by atoms with E-state index >= 15 is 0 Å². The predicted octanol–water partition coefficient (Wildman–Crippen LogP) is 2.44. The first kappa shape index (κ1) is 14.6. The highest BCUT2D eigenvalue weighted by Gasteiger charge is 2.07. The minimum Gasteiger partial charge on any atom is -0.494 e. The van der Waals surface area contributed by atoms with Gasteiger partial charge in [0, 0.05) is 16.8 Å². The first-order valence-electron chi connectivity index (χ1n) is 6.54. The van der Waals surface area contributed by atoms with Crippen LogP contribution in [0.5, 0.6) is 5.75 Å². The molecule has 3 N–H and O–H groups in total. The topological polar surface area (TPSA) is 81.4 Å². The maximum atomic E-state index is 12.0. The molecule has 0 radical (unpaired) electrons. The summed E-state index contributed by atoms with van der Waals surface area (Å²) in [6.45, 7) is 2.50. The molecule has 0 aliphatic rings. The van der Waals surface area contributed by atoms with Gasteiger partial charge in [0.05, 0.1) is 6.61 Å². The van der Waals surface area contributed by atoms with E-state index in [0.29, 0.717) is 23.4 Å². The molecule has 0 spiro atoms. The quantitative estimate of drug-likeness (QED) is 0.884. The van der Waals surface area contributed by atoms with Crippen molar-refractivity contribution in [3.8, 4) is 5.75 Å². The van der Waals surface area contributed by atoms with Crippen LogP contribution in [-0.2, 0) is 0 Å². The summed E-state index contributed by atoms with van der Waals surface area (Å²) in [4.78, 5) is 23.0. The second kappa shape index (κ2) is 6.56. The van der Waals surface area contributed by atoms with E-state index in [4.69, 9.17) is 10.5 Å². The lowest BCUT2D eigenvalue weighted by Crippen LogP contribution is -2.14. The van der Waals surface area contributed by atoms with E-state index in [2.05, 4.69) is 5.32 Å². The summed E-state index contributed by atoms with van der Waals surface area (Å²) < 4.78 is 5.33. The third-order valence-corrected chi connectivity index (χ3v) is 2.85. The van der Waals surface area contributed by atoms with Crippen LogP contribution in [0, 0.1) is 0 Å². The SMILES string of the molecule is CCOc1ccc(NC(=O)c2ccc(C(N)=O)cc2)cc1. The van der Waals surface area contributed by atoms with E-state index in [0.717, 1.165) is 5.75 Å². The summed E-state index contributed by atoms with van der Waals surface area (Å²) in [5.74, 6) is -0.0232. The minimum absolute atomic E-state index is 0.254. The van der Waals surface area contributed by atoms with Gasteiger partial charge in [-0.15, -0.1) is 0 Å². The van der Waals surface area contributed by atoms with Gasteiger partial charge in [0.25, 0.3) is 5.91 Å². The molecule has 0 saturated carbocycles. The fourth-order valence-electron chi connectivity index (χ4n) is 1.79. The van der Waals surface area contributed by atoms with E-state index in [1.54, 1.807) is 36.4 Å². The highest BCUT2D eigenvalue weighted by molar-refractivity contribution is 6.05. The molecule has 108 valence electrons. The second-order valence-corrected chi connectivity index (χ2v) is 4.35. The number of benzene rings is 2. The summed E-state index contributed by atoms with van der Waals surface area (Å²) in [7, 11) is 0. The van der Waals surface area contributed by atoms with Crippen LogP contribution >= 0.6 is 0 Å². The Hall–Kier alpha value is -2.82. The molecular weight excluding hydrogens is 268 g/mol. The van der Waals surface area contributed by atoms with Gasteiger partial charge in [-0.2, -0.15) is 0 Å². The van der Waals surface area contributed by atoms with Crippen LogP contribution < -0.4 is 15.8 Å². The van der Waals surface area contributed by atoms with E-state index in [1.807, 2.05) is 6.92 Å². The smallest absolute Gasteiger partial charge is 0.255 e. The molecule has 5 heteroatoms. The zero-order chi connectivity index (χ0) is 15.2. The van der Waals surface area contributed by atoms with Crippen LogP contribution in [0.25, 0.3) is 0 Å². The normalized spacial score (nSPS) is 9.95. The molecule has 0 saturated heterocycles. The third kappa shape index (κ3) is 3.82. The Morgan fingerprint density at radius 2 is 1.57 bits per heavy atom. The molecule has 0 atom stereocenters. The molecule has 0 aliphatic carbocycles. The van der Waals surface area contributed by atoms with Crippen molar-refractivity contribution in [2.24, 2.45) is 5.73 Å². The van der Waals surface area contributed by atoms with Crippen molar-refractivity contribution in [1.82, 2.24) is 0 Å². The number of anilines is 1. The zero-order valence-corrected chi connectivity index (χ0v) is 11.6. The second-order valence-electron chi connectivity index (χ2n) is 4.35. The lowest BCUT2D eigenvalue weighted by Gasteiger charge is -2.07. The number of nitrogens with two attached hydrogens (primary N) is 1. The Morgan fingerprint density at radius 3 is 2.10 bits per heavy atom. The van der Waals surface area contributed by atoms with Gasteiger partial charge >= 0.3 is 0 Å². The van der Waals surface area contributed by atoms with Crippen molar-refractivity contribution in [2.45, 2.75) is 6.92 Å². The first-order valence-corrected chi connectivity index (χ1v) is 6.54. The molecule has 0 aromatic heterocycles. The van der Waals surface area contributed by atoms with Crippen molar-refractivity contribution in [1.29, 1.82) is 0 Å². The Morgan fingerprint density at radius 1 is 1.00 bits per heavy atom. The number of nitrogens with one attached hydrogen (secondary N) is 1. The Kier molecular flexibility index (Phi) is 4.56. The van der Waals surface area contributed by atoms with Gasteiger partial charge in [-0.3, -0.25) is 9.59 Å². The summed E-state index contributed by atoms with van der Waals surface area (Å²) in [6.07, 6.45) is 0. The van der Waals surface area contributed by atoms with Gasteiger partial charge in [0.2, 0.25) is 5.91 Å². The molecular formula is C16H16N2O3. The lowest BCUT2D eigenvalue weighted by molar-refractivity contribution is 0.0995. The predicted molar refractivity (Wildman–Crippen MR) is 80.5 cm³/mol. The molecule has 0 heterocycles. The molecule has 21 heavy (non-hydrogen) atoms. The number of hydrogen-bond acceptors (Lipinski definition) is 3. The van der Waals surface area contributed by atoms with Crippen LogP contribution in [-0.4, -0.2) is 18.4 Å². The van der Waals surface area contributed by atoms with Crippen molar-refractivity contribution >= 4 is 17.5 Å². The van der Waals surface area contributed by atoms with Crippen molar-refractivity contribution < 1.29 is 14.3 Å². The molecule has 2 amide bonds. The number of hydrogen-bond donors (Lipinski definition) is 2. The maximum Gasteiger partial charge on any atom is 0.255 e. The van der Waals surface area contributed by atoms with Gasteiger partial charge < -0.3 is 15.8 Å². The number of ether oxygens (including phenoxy) is 1. The zero-order valence-electron chi connectivity index (χ0n) is 11.6. The van der Waals surface area contributed by atoms with E-state index in [1.165, 1.54) is 12.1 Å². The number of carbonyl (C=O) groups excluding carboxylic acids is 2. The Bertz CT molecular complexity index is 634. The van der Waals surface area contributed by atoms with Crippen molar-refractivity contribution in [3.63, 3.8) is 0 Å². The summed E-state index contributed by atoms with van der Waals surface area (Å²) in [5.41, 5.74) is 6.64. The fraction of sp³-hybridized carbons (Fsp3) is 0.125. The lowest BCUT2D eigenvalue weighted by atomic mass is 10.1. The fourth-order valence-corrected chi connectivity index (χ4v) is 1.79. The molecule has 2 aromatic carbocycles. The maximum absolute atomic E-state index is 12.0. The molecule has 0 aliphatic heterocycles. The Labute approximate surface area is 122 Å². The molecule has 5 nitrogen and oxygen atoms in total. The highest BCUT2D eigenvalue weighted by Crippen LogP contribution is 2.16. The molecule has 0 unspecified atom stereocenters. The number of primary amides is 1. The average Bonchev–Trinajstić information content (AvgIpc) is 2.49. The average molecular weight is 284 g/mol. The summed E-state index contributed by atoms with van der Waals surface area (Å²) in [6, 6.07) is 13.3. The van der Waals surface area contributed by atoms with Gasteiger partial charge in [-0.25, -0.2) is 0 Å². The van der Waals surface area contributed by atoms with Gasteiger partial charge in [-0.05, 0) is 55.5 Å². The molecule has 0 fully saturated rings. The van der Waals surface area contributed by atoms with Crippen molar-refractivity contribution in [3.05, 3.63) is 59.7 Å². The monoisotopic (exact) mass is 284 g/mol. The Balaban J connectivity index is 2.05. The number of rotatable bonds is 5. The highest BCUT2D eigenvalue weighted by atomic mass is 16.5. The van der Waals surface area contributed by atoms with Crippen LogP contribution in [0.4, 0.5) is 5.69 Å². The van der Waals surface area contributed by atoms with E-state index in [-0.39, 0.29) is 5.91 Å². The van der Waals surface area contributed by atoms with Crippen molar-refractivity contribution in [2.75, 3.05) is 11.9 Å². The van der Waals surface area contributed by atoms with Gasteiger partial charge in [-0.1, -0.05) is 0 Å². The summed E-state index contributed by atoms with van der Waals surface area (Å²) >= 11 is 0. The third-order valence-electron chi connectivity index (χ3n) is 2.85. The van der Waals surface area contributed by atoms with Gasteiger partial charge in [0.1, 0.15) is 5.75 Å². The molecule has 2 aromatic rings. The van der Waals surface area contributed by atoms with Crippen LogP contribution in [0.15, 0.2) is 48.5 Å². The van der Waals surface area contributed by atoms with E-state index < -0.39 is 5.91 Å². The molecule has 2 rings (SSSR count). The van der Waals surface area contributed by atoms with Crippen LogP contribution in [0.1, 0.15) is 27.6 Å². The summed E-state index contributed by atoms with van der Waals surface area (Å²) in [5, 5.41) is 2.77. The van der Waals surface area contributed by atoms with Crippen LogP contribution in [0.3, 0.4) is 0 Å². The minimum atomic E-state index is -0.520. The van der Waals surface area contributed by atoms with Crippen LogP contribution in [0.2, 0.25) is 0 Å². The van der Waals surface area contributed by atoms with E-state index in [9.17, 15) is 9.59 Å². The number of amides is 2. The molecule has 0 bridgehead atoms. The number of carbonyl (C=O) groups is 2. The standard InChI is InChI=1S/C16H16N2O3/c1-2-21-14-9-7-13(8-10-14)18-16(20)12-5-3-11(4-6-12)15(17)19/h3-10H,2H2,1H3,(H2,17,19)(H,18,20). The largest absolute Gasteiger partial charge is 0.494 e.